The third-order valence-electron chi connectivity index (χ3n) is 3.15. The van der Waals surface area contributed by atoms with Gasteiger partial charge in [-0.25, -0.2) is 17.2 Å². The van der Waals surface area contributed by atoms with Crippen molar-refractivity contribution in [2.45, 2.75) is 25.4 Å². The van der Waals surface area contributed by atoms with Gasteiger partial charge < -0.3 is 5.32 Å². The maximum Gasteiger partial charge on any atom is 0.151 e. The maximum atomic E-state index is 13.5. The lowest BCUT2D eigenvalue weighted by atomic mass is 10.1. The van der Waals surface area contributed by atoms with Gasteiger partial charge in [0.15, 0.2) is 9.84 Å². The molecule has 0 bridgehead atoms. The summed E-state index contributed by atoms with van der Waals surface area (Å²) < 4.78 is 48.9. The Morgan fingerprint density at radius 2 is 2.11 bits per heavy atom. The van der Waals surface area contributed by atoms with Crippen molar-refractivity contribution in [1.82, 2.24) is 5.32 Å². The third kappa shape index (κ3) is 3.05. The zero-order chi connectivity index (χ0) is 13.3. The van der Waals surface area contributed by atoms with Crippen LogP contribution in [0.4, 0.5) is 8.78 Å². The van der Waals surface area contributed by atoms with Gasteiger partial charge in [0.25, 0.3) is 0 Å². The highest BCUT2D eigenvalue weighted by molar-refractivity contribution is 7.91. The fraction of sp³-hybridized carbons (Fsp3) is 0.500. The lowest BCUT2D eigenvalue weighted by Gasteiger charge is -2.19. The molecule has 100 valence electrons. The lowest BCUT2D eigenvalue weighted by Crippen LogP contribution is -2.32. The second-order valence-corrected chi connectivity index (χ2v) is 6.88. The molecule has 1 fully saturated rings. The van der Waals surface area contributed by atoms with Crippen LogP contribution in [0.5, 0.6) is 0 Å². The van der Waals surface area contributed by atoms with E-state index in [1.807, 2.05) is 0 Å². The van der Waals surface area contributed by atoms with Crippen LogP contribution in [0, 0.1) is 11.6 Å². The highest BCUT2D eigenvalue weighted by atomic mass is 32.2. The number of benzene rings is 1. The molecule has 0 saturated carbocycles. The Bertz CT molecular complexity index is 545. The first-order chi connectivity index (χ1) is 8.37. The molecule has 3 nitrogen and oxygen atoms in total. The summed E-state index contributed by atoms with van der Waals surface area (Å²) >= 11 is 0. The molecule has 0 aliphatic carbocycles. The van der Waals surface area contributed by atoms with Crippen molar-refractivity contribution in [3.05, 3.63) is 35.4 Å². The fourth-order valence-corrected chi connectivity index (χ4v) is 3.91. The van der Waals surface area contributed by atoms with E-state index in [9.17, 15) is 17.2 Å². The number of nitrogens with one attached hydrogen (secondary N) is 1. The van der Waals surface area contributed by atoms with E-state index in [4.69, 9.17) is 0 Å². The minimum Gasteiger partial charge on any atom is -0.306 e. The van der Waals surface area contributed by atoms with Crippen LogP contribution < -0.4 is 5.32 Å². The van der Waals surface area contributed by atoms with E-state index in [2.05, 4.69) is 5.32 Å². The summed E-state index contributed by atoms with van der Waals surface area (Å²) in [5.74, 6) is -0.980. The molecular formula is C12H15F2NO2S. The molecular weight excluding hydrogens is 260 g/mol. The van der Waals surface area contributed by atoms with Crippen LogP contribution in [0.25, 0.3) is 0 Å². The summed E-state index contributed by atoms with van der Waals surface area (Å²) in [5.41, 5.74) is 0.348. The van der Waals surface area contributed by atoms with Gasteiger partial charge in [-0.05, 0) is 19.4 Å². The molecule has 1 N–H and O–H groups in total. The van der Waals surface area contributed by atoms with Gasteiger partial charge in [0.1, 0.15) is 11.6 Å². The van der Waals surface area contributed by atoms with Crippen molar-refractivity contribution in [3.63, 3.8) is 0 Å². The number of sulfone groups is 1. The van der Waals surface area contributed by atoms with Gasteiger partial charge in [0.05, 0.1) is 11.5 Å². The molecule has 18 heavy (non-hydrogen) atoms. The topological polar surface area (TPSA) is 46.2 Å². The first kappa shape index (κ1) is 13.4. The molecule has 6 heteroatoms. The van der Waals surface area contributed by atoms with Crippen molar-refractivity contribution < 1.29 is 17.2 Å². The van der Waals surface area contributed by atoms with Gasteiger partial charge in [-0.2, -0.15) is 0 Å². The normalized spacial score (nSPS) is 24.1. The second kappa shape index (κ2) is 4.93. The Morgan fingerprint density at radius 1 is 1.39 bits per heavy atom. The van der Waals surface area contributed by atoms with Crippen molar-refractivity contribution in [2.24, 2.45) is 0 Å². The number of rotatable bonds is 3. The molecule has 0 spiro atoms. The van der Waals surface area contributed by atoms with Crippen LogP contribution >= 0.6 is 0 Å². The molecule has 1 aliphatic heterocycles. The van der Waals surface area contributed by atoms with E-state index in [1.54, 1.807) is 6.92 Å². The van der Waals surface area contributed by atoms with E-state index in [-0.39, 0.29) is 23.6 Å². The van der Waals surface area contributed by atoms with Crippen LogP contribution in [0.15, 0.2) is 18.2 Å². The standard InChI is InChI=1S/C12H15F2NO2S/c1-8(11-3-2-9(13)6-12(11)14)15-10-4-5-18(16,17)7-10/h2-3,6,8,10,15H,4-5,7H2,1H3. The Morgan fingerprint density at radius 3 is 2.67 bits per heavy atom. The van der Waals surface area contributed by atoms with Crippen molar-refractivity contribution in [2.75, 3.05) is 11.5 Å². The monoisotopic (exact) mass is 275 g/mol. The highest BCUT2D eigenvalue weighted by Crippen LogP contribution is 2.21. The van der Waals surface area contributed by atoms with E-state index >= 15 is 0 Å². The van der Waals surface area contributed by atoms with Gasteiger partial charge >= 0.3 is 0 Å². The first-order valence-electron chi connectivity index (χ1n) is 5.79. The van der Waals surface area contributed by atoms with Crippen molar-refractivity contribution >= 4 is 9.84 Å². The molecule has 1 aliphatic rings. The Balaban J connectivity index is 2.06. The summed E-state index contributed by atoms with van der Waals surface area (Å²) in [4.78, 5) is 0. The summed E-state index contributed by atoms with van der Waals surface area (Å²) in [6.07, 6.45) is 0.537. The third-order valence-corrected chi connectivity index (χ3v) is 4.92. The Kier molecular flexibility index (Phi) is 3.68. The van der Waals surface area contributed by atoms with E-state index < -0.39 is 21.5 Å². The Hall–Kier alpha value is -1.01. The fourth-order valence-electron chi connectivity index (χ4n) is 2.22. The van der Waals surface area contributed by atoms with Gasteiger partial charge in [-0.1, -0.05) is 6.07 Å². The molecule has 0 radical (unpaired) electrons. The molecule has 0 aromatic heterocycles. The van der Waals surface area contributed by atoms with Crippen molar-refractivity contribution in [1.29, 1.82) is 0 Å². The second-order valence-electron chi connectivity index (χ2n) is 4.65. The molecule has 1 saturated heterocycles. The molecule has 1 heterocycles. The van der Waals surface area contributed by atoms with Crippen LogP contribution in [0.1, 0.15) is 24.9 Å². The summed E-state index contributed by atoms with van der Waals surface area (Å²) in [6, 6.07) is 2.91. The molecule has 2 unspecified atom stereocenters. The van der Waals surface area contributed by atoms with Gasteiger partial charge in [-0.15, -0.1) is 0 Å². The zero-order valence-electron chi connectivity index (χ0n) is 9.99. The van der Waals surface area contributed by atoms with E-state index in [0.29, 0.717) is 12.0 Å². The molecule has 1 aromatic rings. The van der Waals surface area contributed by atoms with Gasteiger partial charge in [0, 0.05) is 23.7 Å². The Labute approximate surface area is 105 Å². The molecule has 0 amide bonds. The number of hydrogen-bond acceptors (Lipinski definition) is 3. The average molecular weight is 275 g/mol. The molecule has 1 aromatic carbocycles. The van der Waals surface area contributed by atoms with E-state index in [0.717, 1.165) is 6.07 Å². The summed E-state index contributed by atoms with van der Waals surface area (Å²) in [6.45, 7) is 1.74. The average Bonchev–Trinajstić information content (AvgIpc) is 2.57. The zero-order valence-corrected chi connectivity index (χ0v) is 10.8. The summed E-state index contributed by atoms with van der Waals surface area (Å²) in [7, 11) is -2.96. The molecule has 2 rings (SSSR count). The largest absolute Gasteiger partial charge is 0.306 e. The SMILES string of the molecule is CC(NC1CCS(=O)(=O)C1)c1ccc(F)cc1F. The van der Waals surface area contributed by atoms with Crippen LogP contribution in [0.2, 0.25) is 0 Å². The van der Waals surface area contributed by atoms with Crippen LogP contribution in [0.3, 0.4) is 0 Å². The minimum absolute atomic E-state index is 0.0835. The molecule has 2 atom stereocenters. The van der Waals surface area contributed by atoms with E-state index in [1.165, 1.54) is 12.1 Å². The lowest BCUT2D eigenvalue weighted by molar-refractivity contribution is 0.464. The van der Waals surface area contributed by atoms with Crippen LogP contribution in [-0.2, 0) is 9.84 Å². The minimum atomic E-state index is -2.96. The smallest absolute Gasteiger partial charge is 0.151 e. The summed E-state index contributed by atoms with van der Waals surface area (Å²) in [5, 5.41) is 3.07. The predicted octanol–water partition coefficient (Wildman–Crippen LogP) is 1.80. The van der Waals surface area contributed by atoms with Gasteiger partial charge in [0.2, 0.25) is 0 Å². The van der Waals surface area contributed by atoms with Crippen LogP contribution in [-0.4, -0.2) is 26.0 Å². The first-order valence-corrected chi connectivity index (χ1v) is 7.61. The number of halogens is 2. The van der Waals surface area contributed by atoms with Crippen molar-refractivity contribution in [3.8, 4) is 0 Å². The maximum absolute atomic E-state index is 13.5. The van der Waals surface area contributed by atoms with Gasteiger partial charge in [-0.3, -0.25) is 0 Å². The number of hydrogen-bond donors (Lipinski definition) is 1. The quantitative estimate of drug-likeness (QED) is 0.915. The predicted molar refractivity (Wildman–Crippen MR) is 65.0 cm³/mol. The highest BCUT2D eigenvalue weighted by Gasteiger charge is 2.29.